The van der Waals surface area contributed by atoms with Gasteiger partial charge in [0.25, 0.3) is 11.6 Å². The second kappa shape index (κ2) is 8.10. The van der Waals surface area contributed by atoms with Gasteiger partial charge in [0.05, 0.1) is 12.2 Å². The van der Waals surface area contributed by atoms with Crippen molar-refractivity contribution in [2.75, 3.05) is 25.0 Å². The van der Waals surface area contributed by atoms with Crippen LogP contribution in [0.1, 0.15) is 25.0 Å². The van der Waals surface area contributed by atoms with Gasteiger partial charge in [-0.2, -0.15) is 10.1 Å². The fraction of sp³-hybridized carbons (Fsp3) is 0.450. The van der Waals surface area contributed by atoms with Gasteiger partial charge in [-0.3, -0.25) is 9.69 Å². The fourth-order valence-corrected chi connectivity index (χ4v) is 3.70. The fourth-order valence-electron chi connectivity index (χ4n) is 3.70. The molecule has 1 unspecified atom stereocenters. The quantitative estimate of drug-likeness (QED) is 0.703. The first kappa shape index (κ1) is 18.6. The summed E-state index contributed by atoms with van der Waals surface area (Å²) in [5.41, 5.74) is 1.84. The highest BCUT2D eigenvalue weighted by molar-refractivity contribution is 5.74. The number of rotatable bonds is 6. The Kier molecular flexibility index (Phi) is 5.38. The van der Waals surface area contributed by atoms with Gasteiger partial charge in [0, 0.05) is 31.3 Å². The molecule has 1 N–H and O–H groups in total. The molecule has 148 valence electrons. The maximum atomic E-state index is 13.3. The van der Waals surface area contributed by atoms with Crippen molar-refractivity contribution in [2.45, 2.75) is 38.8 Å². The molecule has 0 radical (unpaired) electrons. The van der Waals surface area contributed by atoms with Crippen molar-refractivity contribution in [3.63, 3.8) is 0 Å². The van der Waals surface area contributed by atoms with Crippen LogP contribution in [0.5, 0.6) is 0 Å². The molecule has 0 aliphatic carbocycles. The van der Waals surface area contributed by atoms with Gasteiger partial charge < -0.3 is 9.73 Å². The maximum absolute atomic E-state index is 13.3. The van der Waals surface area contributed by atoms with Crippen LogP contribution in [0.25, 0.3) is 11.1 Å². The van der Waals surface area contributed by atoms with E-state index in [1.54, 1.807) is 18.2 Å². The summed E-state index contributed by atoms with van der Waals surface area (Å²) in [6.45, 7) is 4.90. The first-order valence-electron chi connectivity index (χ1n) is 9.67. The molecule has 1 saturated heterocycles. The van der Waals surface area contributed by atoms with Gasteiger partial charge in [-0.15, -0.1) is 0 Å². The second-order valence-electron chi connectivity index (χ2n) is 7.23. The molecule has 0 spiro atoms. The third-order valence-electron chi connectivity index (χ3n) is 5.19. The maximum Gasteiger partial charge on any atom is 0.295 e. The standard InChI is InChI=1S/C20H24FN5O2/c1-14-5-8-19(27)26(24-14)11-10-25-9-3-2-4-16(25)13-22-20-23-17-12-15(21)6-7-18(17)28-20/h5-8,12,16H,2-4,9-11,13H2,1H3,(H,22,23). The van der Waals surface area contributed by atoms with E-state index in [4.69, 9.17) is 4.42 Å². The number of anilines is 1. The monoisotopic (exact) mass is 385 g/mol. The lowest BCUT2D eigenvalue weighted by Crippen LogP contribution is -2.45. The lowest BCUT2D eigenvalue weighted by Gasteiger charge is -2.35. The number of hydrogen-bond acceptors (Lipinski definition) is 6. The summed E-state index contributed by atoms with van der Waals surface area (Å²) in [7, 11) is 0. The smallest absolute Gasteiger partial charge is 0.295 e. The molecule has 2 aromatic heterocycles. The van der Waals surface area contributed by atoms with Gasteiger partial charge in [-0.25, -0.2) is 9.07 Å². The Balaban J connectivity index is 1.39. The number of aromatic nitrogens is 3. The van der Waals surface area contributed by atoms with Gasteiger partial charge in [0.1, 0.15) is 11.3 Å². The predicted molar refractivity (Wildman–Crippen MR) is 105 cm³/mol. The van der Waals surface area contributed by atoms with Gasteiger partial charge in [-0.1, -0.05) is 6.42 Å². The summed E-state index contributed by atoms with van der Waals surface area (Å²) in [6, 6.07) is 8.34. The van der Waals surface area contributed by atoms with Crippen LogP contribution in [0.3, 0.4) is 0 Å². The Morgan fingerprint density at radius 2 is 2.14 bits per heavy atom. The first-order valence-corrected chi connectivity index (χ1v) is 9.67. The minimum absolute atomic E-state index is 0.0732. The minimum atomic E-state index is -0.328. The number of likely N-dealkylation sites (tertiary alicyclic amines) is 1. The third kappa shape index (κ3) is 4.22. The summed E-state index contributed by atoms with van der Waals surface area (Å²) in [5.74, 6) is -0.328. The highest BCUT2D eigenvalue weighted by atomic mass is 19.1. The Hall–Kier alpha value is -2.74. The van der Waals surface area contributed by atoms with E-state index >= 15 is 0 Å². The number of piperidine rings is 1. The van der Waals surface area contributed by atoms with E-state index in [0.29, 0.717) is 36.2 Å². The van der Waals surface area contributed by atoms with Crippen molar-refractivity contribution in [2.24, 2.45) is 0 Å². The zero-order valence-corrected chi connectivity index (χ0v) is 15.9. The van der Waals surface area contributed by atoms with Crippen molar-refractivity contribution in [1.82, 2.24) is 19.7 Å². The molecule has 1 fully saturated rings. The minimum Gasteiger partial charge on any atom is -0.424 e. The zero-order chi connectivity index (χ0) is 19.5. The van der Waals surface area contributed by atoms with Crippen molar-refractivity contribution in [1.29, 1.82) is 0 Å². The molecule has 1 aliphatic rings. The first-order chi connectivity index (χ1) is 13.6. The highest BCUT2D eigenvalue weighted by Crippen LogP contribution is 2.21. The number of fused-ring (bicyclic) bond motifs is 1. The number of benzene rings is 1. The number of halogens is 1. The van der Waals surface area contributed by atoms with Crippen LogP contribution < -0.4 is 10.9 Å². The molecule has 1 aromatic carbocycles. The third-order valence-corrected chi connectivity index (χ3v) is 5.19. The average Bonchev–Trinajstić information content (AvgIpc) is 3.09. The number of hydrogen-bond donors (Lipinski definition) is 1. The predicted octanol–water partition coefficient (Wildman–Crippen LogP) is 2.80. The summed E-state index contributed by atoms with van der Waals surface area (Å²) in [5, 5.41) is 7.56. The topological polar surface area (TPSA) is 76.2 Å². The highest BCUT2D eigenvalue weighted by Gasteiger charge is 2.22. The van der Waals surface area contributed by atoms with E-state index < -0.39 is 0 Å². The van der Waals surface area contributed by atoms with E-state index in [-0.39, 0.29) is 11.4 Å². The number of oxazole rings is 1. The molecule has 4 rings (SSSR count). The summed E-state index contributed by atoms with van der Waals surface area (Å²) in [4.78, 5) is 18.7. The SMILES string of the molecule is Cc1ccc(=O)n(CCN2CCCCC2CNc2nc3cc(F)ccc3o2)n1. The normalized spacial score (nSPS) is 17.9. The van der Waals surface area contributed by atoms with Gasteiger partial charge >= 0.3 is 0 Å². The largest absolute Gasteiger partial charge is 0.424 e. The van der Waals surface area contributed by atoms with E-state index in [1.807, 2.05) is 6.92 Å². The van der Waals surface area contributed by atoms with E-state index in [2.05, 4.69) is 20.3 Å². The molecule has 1 aliphatic heterocycles. The molecular formula is C20H24FN5O2. The molecule has 8 heteroatoms. The van der Waals surface area contributed by atoms with Crippen LogP contribution in [-0.4, -0.2) is 45.3 Å². The zero-order valence-electron chi connectivity index (χ0n) is 15.9. The molecular weight excluding hydrogens is 361 g/mol. The van der Waals surface area contributed by atoms with Crippen molar-refractivity contribution in [3.8, 4) is 0 Å². The Bertz CT molecular complexity index is 1020. The van der Waals surface area contributed by atoms with E-state index in [1.165, 1.54) is 23.2 Å². The van der Waals surface area contributed by atoms with Crippen molar-refractivity contribution in [3.05, 3.63) is 52.2 Å². The molecule has 28 heavy (non-hydrogen) atoms. The van der Waals surface area contributed by atoms with Crippen LogP contribution in [0.4, 0.5) is 10.4 Å². The van der Waals surface area contributed by atoms with E-state index in [0.717, 1.165) is 31.6 Å². The molecule has 0 amide bonds. The van der Waals surface area contributed by atoms with Crippen LogP contribution in [0.2, 0.25) is 0 Å². The van der Waals surface area contributed by atoms with Gasteiger partial charge in [0.15, 0.2) is 5.58 Å². The van der Waals surface area contributed by atoms with Crippen LogP contribution >= 0.6 is 0 Å². The van der Waals surface area contributed by atoms with Gasteiger partial charge in [-0.05, 0) is 44.5 Å². The molecule has 3 heterocycles. The molecule has 1 atom stereocenters. The number of aryl methyl sites for hydroxylation is 1. The lowest BCUT2D eigenvalue weighted by molar-refractivity contribution is 0.147. The van der Waals surface area contributed by atoms with Crippen molar-refractivity contribution < 1.29 is 8.81 Å². The lowest BCUT2D eigenvalue weighted by atomic mass is 10.0. The molecule has 0 saturated carbocycles. The average molecular weight is 385 g/mol. The van der Waals surface area contributed by atoms with Gasteiger partial charge in [0.2, 0.25) is 0 Å². The molecule has 3 aromatic rings. The Labute approximate surface area is 162 Å². The Morgan fingerprint density at radius 3 is 3.04 bits per heavy atom. The van der Waals surface area contributed by atoms with E-state index in [9.17, 15) is 9.18 Å². The number of nitrogens with zero attached hydrogens (tertiary/aromatic N) is 4. The summed E-state index contributed by atoms with van der Waals surface area (Å²) in [6.07, 6.45) is 3.39. The van der Waals surface area contributed by atoms with Crippen molar-refractivity contribution >= 4 is 17.1 Å². The Morgan fingerprint density at radius 1 is 1.25 bits per heavy atom. The molecule has 0 bridgehead atoms. The van der Waals surface area contributed by atoms with Crippen LogP contribution in [0.15, 0.2) is 39.5 Å². The molecule has 7 nitrogen and oxygen atoms in total. The second-order valence-corrected chi connectivity index (χ2v) is 7.23. The van der Waals surface area contributed by atoms with Crippen LogP contribution in [0, 0.1) is 12.7 Å². The number of nitrogens with one attached hydrogen (secondary N) is 1. The summed E-state index contributed by atoms with van der Waals surface area (Å²) < 4.78 is 20.5. The summed E-state index contributed by atoms with van der Waals surface area (Å²) >= 11 is 0. The van der Waals surface area contributed by atoms with Crippen LogP contribution in [-0.2, 0) is 6.54 Å².